The van der Waals surface area contributed by atoms with Crippen molar-refractivity contribution in [2.75, 3.05) is 0 Å². The fourth-order valence-electron chi connectivity index (χ4n) is 1.21. The largest absolute Gasteiger partial charge is 0.260 e. The van der Waals surface area contributed by atoms with Crippen molar-refractivity contribution in [3.05, 3.63) is 57.0 Å². The summed E-state index contributed by atoms with van der Waals surface area (Å²) in [6, 6.07) is 7.96. The maximum absolute atomic E-state index is 4.30. The lowest BCUT2D eigenvalue weighted by atomic mass is 10.2. The minimum absolute atomic E-state index is 0.764. The Morgan fingerprint density at radius 1 is 0.800 bits per heavy atom. The highest BCUT2D eigenvalue weighted by atomic mass is 79.9. The first-order valence-corrected chi connectivity index (χ1v) is 6.03. The molecule has 4 heteroatoms. The molecule has 2 nitrogen and oxygen atoms in total. The highest BCUT2D eigenvalue weighted by Gasteiger charge is 1.98. The van der Waals surface area contributed by atoms with Gasteiger partial charge in [0.25, 0.3) is 0 Å². The summed E-state index contributed by atoms with van der Waals surface area (Å²) in [5.41, 5.74) is 2.04. The lowest BCUT2D eigenvalue weighted by Crippen LogP contribution is -1.93. The molecular formula is C11H8Br2N2. The van der Waals surface area contributed by atoms with Crippen molar-refractivity contribution in [3.8, 4) is 0 Å². The molecule has 0 atom stereocenters. The smallest absolute Gasteiger partial charge is 0.0464 e. The number of rotatable bonds is 2. The minimum Gasteiger partial charge on any atom is -0.260 e. The van der Waals surface area contributed by atoms with E-state index in [1.165, 1.54) is 0 Å². The van der Waals surface area contributed by atoms with Gasteiger partial charge in [-0.3, -0.25) is 9.97 Å². The molecule has 0 amide bonds. The van der Waals surface area contributed by atoms with Gasteiger partial charge in [0, 0.05) is 39.1 Å². The highest BCUT2D eigenvalue weighted by Crippen LogP contribution is 2.12. The van der Waals surface area contributed by atoms with Crippen LogP contribution in [0, 0.1) is 0 Å². The first kappa shape index (κ1) is 10.8. The second-order valence-corrected chi connectivity index (χ2v) is 4.94. The topological polar surface area (TPSA) is 25.8 Å². The maximum atomic E-state index is 4.30. The van der Waals surface area contributed by atoms with Crippen LogP contribution in [0.25, 0.3) is 0 Å². The van der Waals surface area contributed by atoms with Crippen molar-refractivity contribution in [2.24, 2.45) is 0 Å². The standard InChI is InChI=1S/C11H8Br2N2/c12-8-1-3-10(14-6-8)5-11-4-2-9(13)7-15-11/h1-4,6-7H,5H2. The first-order valence-electron chi connectivity index (χ1n) is 4.45. The van der Waals surface area contributed by atoms with Crippen LogP contribution in [0.5, 0.6) is 0 Å². The van der Waals surface area contributed by atoms with E-state index in [-0.39, 0.29) is 0 Å². The fourth-order valence-corrected chi connectivity index (χ4v) is 1.68. The average molecular weight is 328 g/mol. The molecule has 0 saturated carbocycles. The summed E-state index contributed by atoms with van der Waals surface area (Å²) in [7, 11) is 0. The van der Waals surface area contributed by atoms with E-state index < -0.39 is 0 Å². The fraction of sp³-hybridized carbons (Fsp3) is 0.0909. The Morgan fingerprint density at radius 3 is 1.60 bits per heavy atom. The van der Waals surface area contributed by atoms with Crippen LogP contribution in [-0.4, -0.2) is 9.97 Å². The molecule has 0 saturated heterocycles. The van der Waals surface area contributed by atoms with Crippen LogP contribution in [-0.2, 0) is 6.42 Å². The van der Waals surface area contributed by atoms with Crippen molar-refractivity contribution >= 4 is 31.9 Å². The summed E-state index contributed by atoms with van der Waals surface area (Å²) < 4.78 is 1.99. The average Bonchev–Trinajstić information content (AvgIpc) is 2.25. The summed E-state index contributed by atoms with van der Waals surface area (Å²) in [6.07, 6.45) is 4.36. The molecule has 0 radical (unpaired) electrons. The van der Waals surface area contributed by atoms with Crippen molar-refractivity contribution in [1.82, 2.24) is 9.97 Å². The van der Waals surface area contributed by atoms with E-state index in [2.05, 4.69) is 41.8 Å². The van der Waals surface area contributed by atoms with Crippen LogP contribution in [0.4, 0.5) is 0 Å². The van der Waals surface area contributed by atoms with Gasteiger partial charge in [-0.15, -0.1) is 0 Å². The van der Waals surface area contributed by atoms with E-state index in [1.807, 2.05) is 24.3 Å². The van der Waals surface area contributed by atoms with Crippen molar-refractivity contribution in [3.63, 3.8) is 0 Å². The van der Waals surface area contributed by atoms with Gasteiger partial charge >= 0.3 is 0 Å². The van der Waals surface area contributed by atoms with Crippen LogP contribution in [0.15, 0.2) is 45.6 Å². The summed E-state index contributed by atoms with van der Waals surface area (Å²) in [6.45, 7) is 0. The summed E-state index contributed by atoms with van der Waals surface area (Å²) in [5, 5.41) is 0. The monoisotopic (exact) mass is 326 g/mol. The van der Waals surface area contributed by atoms with Crippen molar-refractivity contribution in [1.29, 1.82) is 0 Å². The second kappa shape index (κ2) is 4.86. The molecule has 2 aromatic heterocycles. The normalized spacial score (nSPS) is 10.3. The zero-order valence-corrected chi connectivity index (χ0v) is 11.0. The quantitative estimate of drug-likeness (QED) is 0.842. The lowest BCUT2D eigenvalue weighted by molar-refractivity contribution is 1.01. The van der Waals surface area contributed by atoms with E-state index in [4.69, 9.17) is 0 Å². The molecule has 0 unspecified atom stereocenters. The molecule has 0 aliphatic heterocycles. The zero-order chi connectivity index (χ0) is 10.7. The van der Waals surface area contributed by atoms with Crippen molar-refractivity contribution < 1.29 is 0 Å². The summed E-state index contributed by atoms with van der Waals surface area (Å²) in [5.74, 6) is 0. The van der Waals surface area contributed by atoms with Gasteiger partial charge < -0.3 is 0 Å². The molecule has 2 rings (SSSR count). The Bertz CT molecular complexity index is 394. The molecule has 15 heavy (non-hydrogen) atoms. The number of hydrogen-bond acceptors (Lipinski definition) is 2. The predicted molar refractivity (Wildman–Crippen MR) is 66.7 cm³/mol. The van der Waals surface area contributed by atoms with E-state index >= 15 is 0 Å². The second-order valence-electron chi connectivity index (χ2n) is 3.11. The maximum Gasteiger partial charge on any atom is 0.0464 e. The SMILES string of the molecule is Brc1ccc(Cc2ccc(Br)cn2)nc1. The molecule has 0 spiro atoms. The lowest BCUT2D eigenvalue weighted by Gasteiger charge is -2.00. The zero-order valence-electron chi connectivity index (χ0n) is 7.82. The third-order valence-electron chi connectivity index (χ3n) is 1.94. The molecule has 0 N–H and O–H groups in total. The molecule has 0 fully saturated rings. The summed E-state index contributed by atoms with van der Waals surface area (Å²) in [4.78, 5) is 8.59. The van der Waals surface area contributed by atoms with Gasteiger partial charge in [-0.1, -0.05) is 0 Å². The Morgan fingerprint density at radius 2 is 1.27 bits per heavy atom. The van der Waals surface area contributed by atoms with Gasteiger partial charge in [-0.25, -0.2) is 0 Å². The summed E-state index contributed by atoms with van der Waals surface area (Å²) >= 11 is 6.71. The van der Waals surface area contributed by atoms with Crippen LogP contribution >= 0.6 is 31.9 Å². The Kier molecular flexibility index (Phi) is 3.49. The molecule has 2 heterocycles. The third kappa shape index (κ3) is 3.11. The van der Waals surface area contributed by atoms with Gasteiger partial charge in [-0.05, 0) is 56.1 Å². The van der Waals surface area contributed by atoms with Crippen LogP contribution in [0.2, 0.25) is 0 Å². The Labute approximate surface area is 105 Å². The number of pyridine rings is 2. The Hall–Kier alpha value is -0.740. The molecule has 0 aromatic carbocycles. The van der Waals surface area contributed by atoms with Crippen LogP contribution in [0.1, 0.15) is 11.4 Å². The van der Waals surface area contributed by atoms with E-state index in [9.17, 15) is 0 Å². The molecule has 2 aromatic rings. The minimum atomic E-state index is 0.764. The number of nitrogens with zero attached hydrogens (tertiary/aromatic N) is 2. The number of hydrogen-bond donors (Lipinski definition) is 0. The third-order valence-corrected chi connectivity index (χ3v) is 2.88. The molecular weight excluding hydrogens is 320 g/mol. The van der Waals surface area contributed by atoms with E-state index in [0.29, 0.717) is 0 Å². The van der Waals surface area contributed by atoms with Gasteiger partial charge in [0.05, 0.1) is 0 Å². The van der Waals surface area contributed by atoms with E-state index in [1.54, 1.807) is 12.4 Å². The van der Waals surface area contributed by atoms with Crippen LogP contribution < -0.4 is 0 Å². The molecule has 76 valence electrons. The highest BCUT2D eigenvalue weighted by molar-refractivity contribution is 9.10. The Balaban J connectivity index is 2.15. The van der Waals surface area contributed by atoms with Crippen molar-refractivity contribution in [2.45, 2.75) is 6.42 Å². The molecule has 0 aliphatic rings. The van der Waals surface area contributed by atoms with Gasteiger partial charge in [0.1, 0.15) is 0 Å². The van der Waals surface area contributed by atoms with E-state index in [0.717, 1.165) is 26.8 Å². The molecule has 0 bridgehead atoms. The van der Waals surface area contributed by atoms with Gasteiger partial charge in [0.2, 0.25) is 0 Å². The first-order chi connectivity index (χ1) is 7.24. The van der Waals surface area contributed by atoms with Crippen LogP contribution in [0.3, 0.4) is 0 Å². The van der Waals surface area contributed by atoms with Gasteiger partial charge in [0.15, 0.2) is 0 Å². The predicted octanol–water partition coefficient (Wildman–Crippen LogP) is 3.59. The molecule has 0 aliphatic carbocycles. The number of halogens is 2. The van der Waals surface area contributed by atoms with Gasteiger partial charge in [-0.2, -0.15) is 0 Å². The number of aromatic nitrogens is 2.